The molecule has 1 fully saturated rings. The zero-order valence-corrected chi connectivity index (χ0v) is 12.7. The quantitative estimate of drug-likeness (QED) is 0.915. The first-order chi connectivity index (χ1) is 8.01. The average molecular weight is 339 g/mol. The highest BCUT2D eigenvalue weighted by Crippen LogP contribution is 2.29. The molecule has 1 saturated heterocycles. The van der Waals surface area contributed by atoms with E-state index in [2.05, 4.69) is 21.2 Å². The molecule has 1 atom stereocenters. The maximum Gasteiger partial charge on any atom is 0.252 e. The van der Waals surface area contributed by atoms with Crippen LogP contribution in [0.1, 0.15) is 12.8 Å². The predicted molar refractivity (Wildman–Crippen MR) is 72.9 cm³/mol. The summed E-state index contributed by atoms with van der Waals surface area (Å²) in [7, 11) is -1.67. The molecule has 0 aromatic carbocycles. The van der Waals surface area contributed by atoms with Crippen LogP contribution in [0.5, 0.6) is 0 Å². The van der Waals surface area contributed by atoms with Crippen LogP contribution in [-0.4, -0.2) is 38.9 Å². The van der Waals surface area contributed by atoms with Crippen LogP contribution in [0.4, 0.5) is 0 Å². The molecule has 1 aliphatic heterocycles. The fourth-order valence-corrected chi connectivity index (χ4v) is 5.50. The Morgan fingerprint density at radius 2 is 2.29 bits per heavy atom. The monoisotopic (exact) mass is 338 g/mol. The summed E-state index contributed by atoms with van der Waals surface area (Å²) in [5, 5.41) is 3.23. The summed E-state index contributed by atoms with van der Waals surface area (Å²) in [6.07, 6.45) is 1.95. The van der Waals surface area contributed by atoms with Gasteiger partial charge in [0.15, 0.2) is 0 Å². The van der Waals surface area contributed by atoms with Gasteiger partial charge in [0, 0.05) is 19.6 Å². The van der Waals surface area contributed by atoms with Gasteiger partial charge in [-0.15, -0.1) is 11.3 Å². The third-order valence-corrected chi connectivity index (χ3v) is 6.97. The van der Waals surface area contributed by atoms with Gasteiger partial charge in [0.25, 0.3) is 10.0 Å². The standard InChI is InChI=1S/C10H15BrN2O2S2/c1-13(8-3-2-6-12-7-8)17(14,15)10-5-4-9(11)16-10/h4-5,8,12H,2-3,6-7H2,1H3/t8-/m1/s1. The highest BCUT2D eigenvalue weighted by Gasteiger charge is 2.29. The maximum absolute atomic E-state index is 12.3. The van der Waals surface area contributed by atoms with Gasteiger partial charge in [-0.3, -0.25) is 0 Å². The van der Waals surface area contributed by atoms with E-state index in [0.717, 1.165) is 29.7 Å². The van der Waals surface area contributed by atoms with Crippen molar-refractivity contribution in [3.8, 4) is 0 Å². The van der Waals surface area contributed by atoms with Gasteiger partial charge in [0.2, 0.25) is 0 Å². The zero-order valence-electron chi connectivity index (χ0n) is 9.52. The van der Waals surface area contributed by atoms with Gasteiger partial charge >= 0.3 is 0 Å². The largest absolute Gasteiger partial charge is 0.315 e. The predicted octanol–water partition coefficient (Wildman–Crippen LogP) is 1.88. The minimum absolute atomic E-state index is 0.0645. The van der Waals surface area contributed by atoms with Crippen LogP contribution in [-0.2, 0) is 10.0 Å². The summed E-state index contributed by atoms with van der Waals surface area (Å²) >= 11 is 4.55. The van der Waals surface area contributed by atoms with Crippen molar-refractivity contribution in [3.05, 3.63) is 15.9 Å². The summed E-state index contributed by atoms with van der Waals surface area (Å²) in [4.78, 5) is 0. The zero-order chi connectivity index (χ0) is 12.5. The molecule has 2 rings (SSSR count). The van der Waals surface area contributed by atoms with Crippen molar-refractivity contribution in [2.75, 3.05) is 20.1 Å². The van der Waals surface area contributed by atoms with Crippen molar-refractivity contribution in [2.45, 2.75) is 23.1 Å². The SMILES string of the molecule is CN([C@@H]1CCCNC1)S(=O)(=O)c1ccc(Br)s1. The van der Waals surface area contributed by atoms with Gasteiger partial charge in [0.1, 0.15) is 4.21 Å². The van der Waals surface area contributed by atoms with Crippen molar-refractivity contribution >= 4 is 37.3 Å². The van der Waals surface area contributed by atoms with E-state index in [1.165, 1.54) is 15.6 Å². The molecule has 2 heterocycles. The van der Waals surface area contributed by atoms with E-state index in [0.29, 0.717) is 4.21 Å². The number of piperidine rings is 1. The van der Waals surface area contributed by atoms with Crippen molar-refractivity contribution in [3.63, 3.8) is 0 Å². The lowest BCUT2D eigenvalue weighted by molar-refractivity contribution is 0.300. The molecular weight excluding hydrogens is 324 g/mol. The Morgan fingerprint density at radius 1 is 1.53 bits per heavy atom. The highest BCUT2D eigenvalue weighted by atomic mass is 79.9. The summed E-state index contributed by atoms with van der Waals surface area (Å²) in [5.74, 6) is 0. The summed E-state index contributed by atoms with van der Waals surface area (Å²) in [6, 6.07) is 3.48. The number of nitrogens with zero attached hydrogens (tertiary/aromatic N) is 1. The number of hydrogen-bond acceptors (Lipinski definition) is 4. The first-order valence-corrected chi connectivity index (χ1v) is 8.51. The van der Waals surface area contributed by atoms with Gasteiger partial charge in [-0.25, -0.2) is 8.42 Å². The molecule has 0 aliphatic carbocycles. The minimum atomic E-state index is -3.34. The van der Waals surface area contributed by atoms with Gasteiger partial charge in [0.05, 0.1) is 3.79 Å². The molecule has 4 nitrogen and oxygen atoms in total. The summed E-state index contributed by atoms with van der Waals surface area (Å²) in [6.45, 7) is 1.72. The van der Waals surface area contributed by atoms with Crippen LogP contribution in [0.25, 0.3) is 0 Å². The van der Waals surface area contributed by atoms with Crippen molar-refractivity contribution in [1.29, 1.82) is 0 Å². The molecule has 0 unspecified atom stereocenters. The second kappa shape index (κ2) is 5.36. The molecule has 0 bridgehead atoms. The minimum Gasteiger partial charge on any atom is -0.315 e. The summed E-state index contributed by atoms with van der Waals surface area (Å²) in [5.41, 5.74) is 0. The van der Waals surface area contributed by atoms with E-state index < -0.39 is 10.0 Å². The first kappa shape index (κ1) is 13.5. The molecule has 0 spiro atoms. The van der Waals surface area contributed by atoms with Crippen molar-refractivity contribution in [2.24, 2.45) is 0 Å². The van der Waals surface area contributed by atoms with Gasteiger partial charge in [-0.1, -0.05) is 0 Å². The molecule has 1 aromatic rings. The van der Waals surface area contributed by atoms with E-state index in [4.69, 9.17) is 0 Å². The Balaban J connectivity index is 2.20. The number of rotatable bonds is 3. The number of sulfonamides is 1. The topological polar surface area (TPSA) is 49.4 Å². The second-order valence-electron chi connectivity index (χ2n) is 4.08. The maximum atomic E-state index is 12.3. The van der Waals surface area contributed by atoms with Crippen LogP contribution in [0.2, 0.25) is 0 Å². The Bertz CT molecular complexity index is 480. The van der Waals surface area contributed by atoms with Crippen molar-refractivity contribution < 1.29 is 8.42 Å². The molecule has 0 amide bonds. The lowest BCUT2D eigenvalue weighted by Crippen LogP contribution is -2.46. The van der Waals surface area contributed by atoms with Crippen LogP contribution >= 0.6 is 27.3 Å². The fraction of sp³-hybridized carbons (Fsp3) is 0.600. The molecular formula is C10H15BrN2O2S2. The molecule has 96 valence electrons. The van der Waals surface area contributed by atoms with Gasteiger partial charge in [-0.05, 0) is 47.4 Å². The average Bonchev–Trinajstić information content (AvgIpc) is 2.77. The summed E-state index contributed by atoms with van der Waals surface area (Å²) < 4.78 is 27.4. The Kier molecular flexibility index (Phi) is 4.25. The number of thiophene rings is 1. The lowest BCUT2D eigenvalue weighted by atomic mass is 10.1. The highest BCUT2D eigenvalue weighted by molar-refractivity contribution is 9.11. The molecule has 1 aliphatic rings. The lowest BCUT2D eigenvalue weighted by Gasteiger charge is -2.30. The number of halogens is 1. The number of likely N-dealkylation sites (N-methyl/N-ethyl adjacent to an activating group) is 1. The first-order valence-electron chi connectivity index (χ1n) is 5.46. The third kappa shape index (κ3) is 2.90. The fourth-order valence-electron chi connectivity index (χ4n) is 1.92. The number of hydrogen-bond donors (Lipinski definition) is 1. The number of nitrogens with one attached hydrogen (secondary N) is 1. The van der Waals surface area contributed by atoms with E-state index in [1.807, 2.05) is 0 Å². The molecule has 7 heteroatoms. The van der Waals surface area contributed by atoms with Crippen LogP contribution in [0.15, 0.2) is 20.1 Å². The second-order valence-corrected chi connectivity index (χ2v) is 8.77. The smallest absolute Gasteiger partial charge is 0.252 e. The van der Waals surface area contributed by atoms with Crippen LogP contribution in [0, 0.1) is 0 Å². The Morgan fingerprint density at radius 3 is 2.82 bits per heavy atom. The molecule has 1 N–H and O–H groups in total. The van der Waals surface area contributed by atoms with Gasteiger partial charge < -0.3 is 5.32 Å². The Labute approximate surface area is 114 Å². The van der Waals surface area contributed by atoms with Crippen LogP contribution < -0.4 is 5.32 Å². The van der Waals surface area contributed by atoms with Gasteiger partial charge in [-0.2, -0.15) is 4.31 Å². The van der Waals surface area contributed by atoms with E-state index in [-0.39, 0.29) is 6.04 Å². The molecule has 1 aromatic heterocycles. The molecule has 0 saturated carbocycles. The normalized spacial score (nSPS) is 21.9. The molecule has 0 radical (unpaired) electrons. The molecule has 17 heavy (non-hydrogen) atoms. The van der Waals surface area contributed by atoms with Crippen LogP contribution in [0.3, 0.4) is 0 Å². The Hall–Kier alpha value is 0.0500. The van der Waals surface area contributed by atoms with Crippen molar-refractivity contribution in [1.82, 2.24) is 9.62 Å². The van der Waals surface area contributed by atoms with E-state index >= 15 is 0 Å². The third-order valence-electron chi connectivity index (χ3n) is 2.97. The van der Waals surface area contributed by atoms with E-state index in [9.17, 15) is 8.42 Å². The van der Waals surface area contributed by atoms with E-state index in [1.54, 1.807) is 19.2 Å².